The monoisotopic (exact) mass is 331 g/mol. The standard InChI is InChI=1S/C18H22ClN3O/c1-22-12-11-20-17(22)16(13-7-9-15(19)10-8-13)21-18(23)14-5-3-2-4-6-14/h7-12,14,16H,2-6H2,1H3,(H,21,23)/t16-/m0/s1. The molecule has 0 radical (unpaired) electrons. The van der Waals surface area contributed by atoms with Gasteiger partial charge in [-0.1, -0.05) is 43.0 Å². The number of carbonyl (C=O) groups is 1. The first kappa shape index (κ1) is 16.1. The zero-order valence-electron chi connectivity index (χ0n) is 13.3. The van der Waals surface area contributed by atoms with Crippen LogP contribution in [-0.4, -0.2) is 15.5 Å². The molecule has 0 saturated heterocycles. The van der Waals surface area contributed by atoms with Gasteiger partial charge < -0.3 is 9.88 Å². The Morgan fingerprint density at radius 3 is 2.57 bits per heavy atom. The van der Waals surface area contributed by atoms with Gasteiger partial charge in [-0.15, -0.1) is 0 Å². The molecule has 1 amide bonds. The predicted molar refractivity (Wildman–Crippen MR) is 91.2 cm³/mol. The van der Waals surface area contributed by atoms with Crippen molar-refractivity contribution in [2.45, 2.75) is 38.1 Å². The van der Waals surface area contributed by atoms with Gasteiger partial charge in [-0.25, -0.2) is 4.98 Å². The topological polar surface area (TPSA) is 46.9 Å². The van der Waals surface area contributed by atoms with E-state index in [0.29, 0.717) is 5.02 Å². The minimum absolute atomic E-state index is 0.124. The summed E-state index contributed by atoms with van der Waals surface area (Å²) in [7, 11) is 1.94. The molecule has 2 aromatic rings. The van der Waals surface area contributed by atoms with Crippen LogP contribution in [0.1, 0.15) is 49.5 Å². The first-order chi connectivity index (χ1) is 11.1. The minimum atomic E-state index is -0.248. The molecule has 1 fully saturated rings. The van der Waals surface area contributed by atoms with E-state index in [-0.39, 0.29) is 17.9 Å². The van der Waals surface area contributed by atoms with Crippen LogP contribution in [0.2, 0.25) is 5.02 Å². The first-order valence-electron chi connectivity index (χ1n) is 8.18. The van der Waals surface area contributed by atoms with Crippen molar-refractivity contribution in [2.24, 2.45) is 13.0 Å². The van der Waals surface area contributed by atoms with Gasteiger partial charge >= 0.3 is 0 Å². The molecule has 0 unspecified atom stereocenters. The number of aromatic nitrogens is 2. The number of nitrogens with one attached hydrogen (secondary N) is 1. The summed E-state index contributed by atoms with van der Waals surface area (Å²) in [5.41, 5.74) is 0.993. The van der Waals surface area contributed by atoms with Crippen LogP contribution in [0.5, 0.6) is 0 Å². The van der Waals surface area contributed by atoms with Crippen LogP contribution in [0.4, 0.5) is 0 Å². The summed E-state index contributed by atoms with van der Waals surface area (Å²) in [6, 6.07) is 7.34. The third-order valence-electron chi connectivity index (χ3n) is 4.58. The summed E-state index contributed by atoms with van der Waals surface area (Å²) < 4.78 is 1.94. The summed E-state index contributed by atoms with van der Waals surface area (Å²) in [5.74, 6) is 1.09. The molecule has 1 aliphatic rings. The number of hydrogen-bond donors (Lipinski definition) is 1. The number of halogens is 1. The van der Waals surface area contributed by atoms with E-state index in [1.807, 2.05) is 42.1 Å². The lowest BCUT2D eigenvalue weighted by Gasteiger charge is -2.25. The molecule has 4 nitrogen and oxygen atoms in total. The van der Waals surface area contributed by atoms with Gasteiger partial charge in [0.15, 0.2) is 0 Å². The second-order valence-corrected chi connectivity index (χ2v) is 6.66. The Bertz CT molecular complexity index is 659. The molecule has 3 rings (SSSR count). The fourth-order valence-electron chi connectivity index (χ4n) is 3.23. The van der Waals surface area contributed by atoms with Gasteiger partial charge in [0.05, 0.1) is 0 Å². The molecule has 1 aliphatic carbocycles. The summed E-state index contributed by atoms with van der Waals surface area (Å²) in [6.45, 7) is 0. The normalized spacial score (nSPS) is 17.0. The molecule has 1 N–H and O–H groups in total. The molecule has 1 atom stereocenters. The van der Waals surface area contributed by atoms with Gasteiger partial charge in [0.2, 0.25) is 5.91 Å². The molecule has 0 bridgehead atoms. The lowest BCUT2D eigenvalue weighted by molar-refractivity contribution is -0.126. The lowest BCUT2D eigenvalue weighted by atomic mass is 9.88. The number of nitrogens with zero attached hydrogens (tertiary/aromatic N) is 2. The van der Waals surface area contributed by atoms with E-state index in [1.165, 1.54) is 6.42 Å². The van der Waals surface area contributed by atoms with Gasteiger partial charge in [0, 0.05) is 30.4 Å². The van der Waals surface area contributed by atoms with Crippen LogP contribution < -0.4 is 5.32 Å². The molecular formula is C18H22ClN3O. The van der Waals surface area contributed by atoms with Crippen molar-refractivity contribution in [2.75, 3.05) is 0 Å². The number of hydrogen-bond acceptors (Lipinski definition) is 2. The maximum atomic E-state index is 12.7. The first-order valence-corrected chi connectivity index (χ1v) is 8.56. The average Bonchev–Trinajstić information content (AvgIpc) is 3.00. The Hall–Kier alpha value is -1.81. The van der Waals surface area contributed by atoms with E-state index in [1.54, 1.807) is 6.20 Å². The Labute approximate surface area is 141 Å². The number of imidazole rings is 1. The molecule has 0 spiro atoms. The quantitative estimate of drug-likeness (QED) is 0.924. The third-order valence-corrected chi connectivity index (χ3v) is 4.83. The Morgan fingerprint density at radius 1 is 1.26 bits per heavy atom. The van der Waals surface area contributed by atoms with E-state index in [2.05, 4.69) is 10.3 Å². The molecular weight excluding hydrogens is 310 g/mol. The van der Waals surface area contributed by atoms with Crippen molar-refractivity contribution in [1.29, 1.82) is 0 Å². The maximum absolute atomic E-state index is 12.7. The lowest BCUT2D eigenvalue weighted by Crippen LogP contribution is -2.36. The maximum Gasteiger partial charge on any atom is 0.223 e. The van der Waals surface area contributed by atoms with Crippen molar-refractivity contribution in [3.63, 3.8) is 0 Å². The number of carbonyl (C=O) groups excluding carboxylic acids is 1. The van der Waals surface area contributed by atoms with Crippen LogP contribution in [0.15, 0.2) is 36.7 Å². The predicted octanol–water partition coefficient (Wildman–Crippen LogP) is 3.86. The highest BCUT2D eigenvalue weighted by Crippen LogP contribution is 2.27. The number of amides is 1. The van der Waals surface area contributed by atoms with E-state index >= 15 is 0 Å². The third kappa shape index (κ3) is 3.75. The van der Waals surface area contributed by atoms with Gasteiger partial charge in [-0.3, -0.25) is 4.79 Å². The van der Waals surface area contributed by atoms with Crippen molar-refractivity contribution >= 4 is 17.5 Å². The highest BCUT2D eigenvalue weighted by Gasteiger charge is 2.26. The van der Waals surface area contributed by atoms with Crippen molar-refractivity contribution in [3.8, 4) is 0 Å². The van der Waals surface area contributed by atoms with Crippen molar-refractivity contribution in [1.82, 2.24) is 14.9 Å². The molecule has 122 valence electrons. The second-order valence-electron chi connectivity index (χ2n) is 6.22. The molecule has 1 aromatic heterocycles. The zero-order chi connectivity index (χ0) is 16.2. The summed E-state index contributed by atoms with van der Waals surface area (Å²) in [4.78, 5) is 17.1. The van der Waals surface area contributed by atoms with E-state index < -0.39 is 0 Å². The van der Waals surface area contributed by atoms with E-state index in [9.17, 15) is 4.79 Å². The highest BCUT2D eigenvalue weighted by molar-refractivity contribution is 6.30. The molecule has 1 heterocycles. The molecule has 0 aliphatic heterocycles. The van der Waals surface area contributed by atoms with Crippen LogP contribution in [0, 0.1) is 5.92 Å². The van der Waals surface area contributed by atoms with Crippen molar-refractivity contribution in [3.05, 3.63) is 53.1 Å². The Morgan fingerprint density at radius 2 is 1.96 bits per heavy atom. The summed E-state index contributed by atoms with van der Waals surface area (Å²) in [5, 5.41) is 3.89. The van der Waals surface area contributed by atoms with Crippen molar-refractivity contribution < 1.29 is 4.79 Å². The summed E-state index contributed by atoms with van der Waals surface area (Å²) in [6.07, 6.45) is 9.15. The largest absolute Gasteiger partial charge is 0.342 e. The molecule has 1 aromatic carbocycles. The van der Waals surface area contributed by atoms with Gasteiger partial charge in [0.1, 0.15) is 11.9 Å². The number of rotatable bonds is 4. The summed E-state index contributed by atoms with van der Waals surface area (Å²) >= 11 is 5.99. The van der Waals surface area contributed by atoms with Crippen LogP contribution in [0.25, 0.3) is 0 Å². The zero-order valence-corrected chi connectivity index (χ0v) is 14.1. The average molecular weight is 332 g/mol. The number of benzene rings is 1. The van der Waals surface area contributed by atoms with Crippen LogP contribution in [-0.2, 0) is 11.8 Å². The Kier molecular flexibility index (Phi) is 5.01. The Balaban J connectivity index is 1.84. The minimum Gasteiger partial charge on any atom is -0.342 e. The van der Waals surface area contributed by atoms with Gasteiger partial charge in [-0.2, -0.15) is 0 Å². The second kappa shape index (κ2) is 7.18. The van der Waals surface area contributed by atoms with Gasteiger partial charge in [-0.05, 0) is 30.5 Å². The van der Waals surface area contributed by atoms with Crippen LogP contribution in [0.3, 0.4) is 0 Å². The molecule has 23 heavy (non-hydrogen) atoms. The van der Waals surface area contributed by atoms with E-state index in [0.717, 1.165) is 37.1 Å². The smallest absolute Gasteiger partial charge is 0.223 e. The number of aryl methyl sites for hydroxylation is 1. The SMILES string of the molecule is Cn1ccnc1[C@@H](NC(=O)C1CCCCC1)c1ccc(Cl)cc1. The highest BCUT2D eigenvalue weighted by atomic mass is 35.5. The van der Waals surface area contributed by atoms with Gasteiger partial charge in [0.25, 0.3) is 0 Å². The van der Waals surface area contributed by atoms with E-state index in [4.69, 9.17) is 11.6 Å². The molecule has 1 saturated carbocycles. The molecule has 5 heteroatoms. The fraction of sp³-hybridized carbons (Fsp3) is 0.444. The fourth-order valence-corrected chi connectivity index (χ4v) is 3.36. The van der Waals surface area contributed by atoms with Crippen LogP contribution >= 0.6 is 11.6 Å².